The number of nitrogens with zero attached hydrogens (tertiary/aromatic N) is 3. The van der Waals surface area contributed by atoms with Crippen LogP contribution in [0.15, 0.2) is 30.3 Å². The maximum absolute atomic E-state index is 12.3. The number of hydrogen-bond acceptors (Lipinski definition) is 4. The van der Waals surface area contributed by atoms with Gasteiger partial charge in [0.15, 0.2) is 0 Å². The molecule has 0 spiro atoms. The maximum Gasteiger partial charge on any atom is 0.362 e. The molecule has 0 aliphatic carbocycles. The Kier molecular flexibility index (Phi) is 4.13. The molecule has 0 bridgehead atoms. The minimum absolute atomic E-state index is 0.364. The Morgan fingerprint density at radius 2 is 1.91 bits per heavy atom. The molecule has 2 heterocycles. The fourth-order valence-corrected chi connectivity index (χ4v) is 2.81. The Morgan fingerprint density at radius 3 is 2.55 bits per heavy atom. The zero-order valence-electron chi connectivity index (χ0n) is 13.1. The minimum atomic E-state index is -0.364. The van der Waals surface area contributed by atoms with E-state index in [0.717, 1.165) is 18.8 Å². The van der Waals surface area contributed by atoms with Crippen molar-refractivity contribution in [2.75, 3.05) is 18.0 Å². The largest absolute Gasteiger partial charge is 0.422 e. The topological polar surface area (TPSA) is 47.4 Å². The van der Waals surface area contributed by atoms with Crippen LogP contribution in [-0.4, -0.2) is 28.8 Å². The molecule has 2 aromatic rings. The summed E-state index contributed by atoms with van der Waals surface area (Å²) in [6, 6.07) is 9.48. The molecular formula is C17H21N3O2. The molecule has 5 nitrogen and oxygen atoms in total. The number of esters is 1. The van der Waals surface area contributed by atoms with Gasteiger partial charge in [-0.15, -0.1) is 0 Å². The van der Waals surface area contributed by atoms with Crippen LogP contribution in [0, 0.1) is 6.92 Å². The predicted molar refractivity (Wildman–Crippen MR) is 85.5 cm³/mol. The van der Waals surface area contributed by atoms with Crippen LogP contribution in [0.3, 0.4) is 0 Å². The van der Waals surface area contributed by atoms with E-state index in [1.807, 2.05) is 38.1 Å². The number of carbonyl (C=O) groups excluding carboxylic acids is 1. The summed E-state index contributed by atoms with van der Waals surface area (Å²) in [5.41, 5.74) is 2.49. The van der Waals surface area contributed by atoms with Crippen LogP contribution >= 0.6 is 0 Å². The zero-order valence-corrected chi connectivity index (χ0v) is 13.1. The molecule has 1 aromatic carbocycles. The molecule has 1 aromatic heterocycles. The lowest BCUT2D eigenvalue weighted by atomic mass is 10.3. The third-order valence-corrected chi connectivity index (χ3v) is 3.93. The van der Waals surface area contributed by atoms with Crippen LogP contribution in [-0.2, 0) is 6.54 Å². The third-order valence-electron chi connectivity index (χ3n) is 3.93. The first-order valence-electron chi connectivity index (χ1n) is 7.79. The van der Waals surface area contributed by atoms with Crippen LogP contribution in [0.25, 0.3) is 0 Å². The van der Waals surface area contributed by atoms with Crippen LogP contribution in [0.5, 0.6) is 5.75 Å². The first-order chi connectivity index (χ1) is 10.7. The van der Waals surface area contributed by atoms with E-state index in [2.05, 4.69) is 10.00 Å². The fourth-order valence-electron chi connectivity index (χ4n) is 2.81. The van der Waals surface area contributed by atoms with Gasteiger partial charge in [-0.3, -0.25) is 4.68 Å². The smallest absolute Gasteiger partial charge is 0.362 e. The summed E-state index contributed by atoms with van der Waals surface area (Å²) in [7, 11) is 0. The highest BCUT2D eigenvalue weighted by molar-refractivity contribution is 5.89. The van der Waals surface area contributed by atoms with Gasteiger partial charge in [0.2, 0.25) is 0 Å². The van der Waals surface area contributed by atoms with E-state index in [1.165, 1.54) is 18.5 Å². The molecule has 116 valence electrons. The second-order valence-corrected chi connectivity index (χ2v) is 5.56. The van der Waals surface area contributed by atoms with Gasteiger partial charge in [-0.1, -0.05) is 0 Å². The van der Waals surface area contributed by atoms with E-state index in [9.17, 15) is 4.79 Å². The molecule has 1 aliphatic rings. The lowest BCUT2D eigenvalue weighted by Crippen LogP contribution is -2.17. The van der Waals surface area contributed by atoms with Crippen molar-refractivity contribution in [1.29, 1.82) is 0 Å². The summed E-state index contributed by atoms with van der Waals surface area (Å²) in [4.78, 5) is 14.6. The second-order valence-electron chi connectivity index (χ2n) is 5.56. The maximum atomic E-state index is 12.3. The van der Waals surface area contributed by atoms with Gasteiger partial charge in [0.1, 0.15) is 11.4 Å². The van der Waals surface area contributed by atoms with E-state index >= 15 is 0 Å². The Hall–Kier alpha value is -2.30. The van der Waals surface area contributed by atoms with E-state index in [-0.39, 0.29) is 5.97 Å². The van der Waals surface area contributed by atoms with Crippen molar-refractivity contribution in [3.63, 3.8) is 0 Å². The molecule has 1 fully saturated rings. The first kappa shape index (κ1) is 14.6. The highest BCUT2D eigenvalue weighted by Gasteiger charge is 2.16. The van der Waals surface area contributed by atoms with Crippen molar-refractivity contribution in [3.8, 4) is 5.75 Å². The van der Waals surface area contributed by atoms with Crippen LogP contribution in [0.4, 0.5) is 5.69 Å². The summed E-state index contributed by atoms with van der Waals surface area (Å²) in [5.74, 6) is 0.200. The molecule has 22 heavy (non-hydrogen) atoms. The second kappa shape index (κ2) is 6.22. The number of rotatable bonds is 4. The molecule has 5 heteroatoms. The average Bonchev–Trinajstić information content (AvgIpc) is 3.17. The van der Waals surface area contributed by atoms with Crippen molar-refractivity contribution < 1.29 is 9.53 Å². The van der Waals surface area contributed by atoms with Gasteiger partial charge in [-0.05, 0) is 57.0 Å². The lowest BCUT2D eigenvalue weighted by Gasteiger charge is -2.17. The highest BCUT2D eigenvalue weighted by Crippen LogP contribution is 2.23. The number of aryl methyl sites for hydroxylation is 2. The third kappa shape index (κ3) is 2.98. The van der Waals surface area contributed by atoms with Crippen molar-refractivity contribution in [1.82, 2.24) is 9.78 Å². The monoisotopic (exact) mass is 299 g/mol. The van der Waals surface area contributed by atoms with Crippen LogP contribution < -0.4 is 9.64 Å². The SMILES string of the molecule is CCn1nc(C)cc1C(=O)Oc1ccc(N2CCCC2)cc1. The summed E-state index contributed by atoms with van der Waals surface area (Å²) < 4.78 is 7.12. The molecular weight excluding hydrogens is 278 g/mol. The fraction of sp³-hybridized carbons (Fsp3) is 0.412. The van der Waals surface area contributed by atoms with E-state index in [0.29, 0.717) is 18.0 Å². The van der Waals surface area contributed by atoms with E-state index < -0.39 is 0 Å². The summed E-state index contributed by atoms with van der Waals surface area (Å²) in [6.45, 7) is 6.68. The Morgan fingerprint density at radius 1 is 1.23 bits per heavy atom. The van der Waals surface area contributed by atoms with E-state index in [4.69, 9.17) is 4.74 Å². The zero-order chi connectivity index (χ0) is 15.5. The summed E-state index contributed by atoms with van der Waals surface area (Å²) in [6.07, 6.45) is 2.49. The highest BCUT2D eigenvalue weighted by atomic mass is 16.5. The molecule has 0 saturated carbocycles. The molecule has 1 saturated heterocycles. The van der Waals surface area contributed by atoms with Gasteiger partial charge in [-0.2, -0.15) is 5.10 Å². The van der Waals surface area contributed by atoms with Gasteiger partial charge in [-0.25, -0.2) is 4.79 Å². The van der Waals surface area contributed by atoms with Gasteiger partial charge in [0, 0.05) is 25.3 Å². The molecule has 3 rings (SSSR count). The van der Waals surface area contributed by atoms with Crippen LogP contribution in [0.2, 0.25) is 0 Å². The first-order valence-corrected chi connectivity index (χ1v) is 7.79. The number of ether oxygens (including phenoxy) is 1. The molecule has 0 amide bonds. The number of anilines is 1. The van der Waals surface area contributed by atoms with Crippen LogP contribution in [0.1, 0.15) is 35.9 Å². The quantitative estimate of drug-likeness (QED) is 0.643. The Bertz CT molecular complexity index is 655. The molecule has 0 unspecified atom stereocenters. The predicted octanol–water partition coefficient (Wildman–Crippen LogP) is 3.03. The Labute approximate surface area is 130 Å². The van der Waals surface area contributed by atoms with Gasteiger partial charge < -0.3 is 9.64 Å². The van der Waals surface area contributed by atoms with Gasteiger partial charge >= 0.3 is 5.97 Å². The molecule has 0 atom stereocenters. The summed E-state index contributed by atoms with van der Waals surface area (Å²) >= 11 is 0. The number of aromatic nitrogens is 2. The number of benzene rings is 1. The van der Waals surface area contributed by atoms with Crippen molar-refractivity contribution in [2.45, 2.75) is 33.2 Å². The normalized spacial score (nSPS) is 14.4. The average molecular weight is 299 g/mol. The molecule has 0 N–H and O–H groups in total. The Balaban J connectivity index is 1.71. The van der Waals surface area contributed by atoms with Gasteiger partial charge in [0.25, 0.3) is 0 Å². The number of hydrogen-bond donors (Lipinski definition) is 0. The number of carbonyl (C=O) groups is 1. The van der Waals surface area contributed by atoms with Crippen molar-refractivity contribution in [2.24, 2.45) is 0 Å². The minimum Gasteiger partial charge on any atom is -0.422 e. The van der Waals surface area contributed by atoms with E-state index in [1.54, 1.807) is 10.7 Å². The molecule has 1 aliphatic heterocycles. The van der Waals surface area contributed by atoms with Gasteiger partial charge in [0.05, 0.1) is 5.69 Å². The molecule has 0 radical (unpaired) electrons. The van der Waals surface area contributed by atoms with Crippen molar-refractivity contribution in [3.05, 3.63) is 41.7 Å². The van der Waals surface area contributed by atoms with Crippen molar-refractivity contribution >= 4 is 11.7 Å². The lowest BCUT2D eigenvalue weighted by molar-refractivity contribution is 0.0722. The summed E-state index contributed by atoms with van der Waals surface area (Å²) in [5, 5.41) is 4.27. The standard InChI is InChI=1S/C17H21N3O2/c1-3-20-16(12-13(2)18-20)17(21)22-15-8-6-14(7-9-15)19-10-4-5-11-19/h6-9,12H,3-5,10-11H2,1-2H3.